The fourth-order valence-electron chi connectivity index (χ4n) is 3.96. The minimum Gasteiger partial charge on any atom is -0.299 e. The van der Waals surface area contributed by atoms with Crippen molar-refractivity contribution in [3.63, 3.8) is 0 Å². The van der Waals surface area contributed by atoms with E-state index in [1.807, 2.05) is 0 Å². The lowest BCUT2D eigenvalue weighted by Crippen LogP contribution is -2.36. The van der Waals surface area contributed by atoms with Gasteiger partial charge in [0.25, 0.3) is 0 Å². The topological polar surface area (TPSA) is 3.24 Å². The van der Waals surface area contributed by atoms with Gasteiger partial charge in [0.2, 0.25) is 0 Å². The number of benzene rings is 1. The van der Waals surface area contributed by atoms with E-state index in [-0.39, 0.29) is 0 Å². The molecule has 0 aromatic heterocycles. The van der Waals surface area contributed by atoms with Crippen LogP contribution in [-0.2, 0) is 6.42 Å². The van der Waals surface area contributed by atoms with Crippen molar-refractivity contribution in [3.05, 3.63) is 35.4 Å². The van der Waals surface area contributed by atoms with Crippen LogP contribution in [0.5, 0.6) is 0 Å². The van der Waals surface area contributed by atoms with Gasteiger partial charge in [0.1, 0.15) is 0 Å². The summed E-state index contributed by atoms with van der Waals surface area (Å²) in [5, 5.41) is 0. The summed E-state index contributed by atoms with van der Waals surface area (Å²) in [6.45, 7) is 1.23. The first kappa shape index (κ1) is 12.2. The average Bonchev–Trinajstić information content (AvgIpc) is 2.67. The smallest absolute Gasteiger partial charge is 0.0376 e. The first-order valence-corrected chi connectivity index (χ1v) is 7.64. The van der Waals surface area contributed by atoms with E-state index in [9.17, 15) is 0 Å². The number of fused-ring (bicyclic) bond motifs is 1. The number of likely N-dealkylation sites (N-methyl/N-ethyl adjacent to an activating group) is 1. The third-order valence-electron chi connectivity index (χ3n) is 4.93. The van der Waals surface area contributed by atoms with E-state index in [1.165, 1.54) is 51.5 Å². The lowest BCUT2D eigenvalue weighted by atomic mass is 9.81. The maximum Gasteiger partial charge on any atom is 0.0376 e. The van der Waals surface area contributed by atoms with Gasteiger partial charge >= 0.3 is 0 Å². The van der Waals surface area contributed by atoms with Crippen LogP contribution in [0.2, 0.25) is 0 Å². The standard InChI is InChI=1S/C17H25N/c1-18-13-12-14-8-6-7-11-16(14)17(18)15-9-4-2-3-5-10-15/h6-8,11,15,17H,2-5,9-10,12-13H2,1H3. The average molecular weight is 243 g/mol. The van der Waals surface area contributed by atoms with E-state index in [1.54, 1.807) is 11.1 Å². The summed E-state index contributed by atoms with van der Waals surface area (Å²) in [7, 11) is 2.32. The SMILES string of the molecule is CN1CCc2ccccc2C1C1CCCCCC1. The van der Waals surface area contributed by atoms with Crippen molar-refractivity contribution in [1.82, 2.24) is 4.90 Å². The minimum absolute atomic E-state index is 0.688. The van der Waals surface area contributed by atoms with Crippen LogP contribution < -0.4 is 0 Å². The summed E-state index contributed by atoms with van der Waals surface area (Å²) in [5.74, 6) is 0.888. The van der Waals surface area contributed by atoms with Crippen LogP contribution >= 0.6 is 0 Å². The fraction of sp³-hybridized carbons (Fsp3) is 0.647. The summed E-state index contributed by atoms with van der Waals surface area (Å²) in [5.41, 5.74) is 3.22. The molecule has 0 N–H and O–H groups in total. The van der Waals surface area contributed by atoms with Crippen molar-refractivity contribution in [2.24, 2.45) is 5.92 Å². The summed E-state index contributed by atoms with van der Waals surface area (Å²) < 4.78 is 0. The van der Waals surface area contributed by atoms with E-state index in [4.69, 9.17) is 0 Å². The number of hydrogen-bond donors (Lipinski definition) is 0. The highest BCUT2D eigenvalue weighted by Crippen LogP contribution is 2.40. The molecular weight excluding hydrogens is 218 g/mol. The molecule has 1 fully saturated rings. The zero-order valence-electron chi connectivity index (χ0n) is 11.6. The van der Waals surface area contributed by atoms with E-state index in [2.05, 4.69) is 36.2 Å². The van der Waals surface area contributed by atoms with Crippen LogP contribution in [0.3, 0.4) is 0 Å². The molecule has 1 heterocycles. The molecule has 0 amide bonds. The summed E-state index contributed by atoms with van der Waals surface area (Å²) in [6, 6.07) is 9.83. The Bertz CT molecular complexity index is 390. The van der Waals surface area contributed by atoms with Gasteiger partial charge in [0.05, 0.1) is 0 Å². The zero-order chi connectivity index (χ0) is 12.4. The molecule has 1 heteroatoms. The van der Waals surface area contributed by atoms with E-state index >= 15 is 0 Å². The second-order valence-electron chi connectivity index (χ2n) is 6.13. The molecular formula is C17H25N. The van der Waals surface area contributed by atoms with Crippen molar-refractivity contribution >= 4 is 0 Å². The maximum atomic E-state index is 2.61. The van der Waals surface area contributed by atoms with Crippen LogP contribution in [0.1, 0.15) is 55.7 Å². The molecule has 1 aromatic carbocycles. The molecule has 1 saturated carbocycles. The number of hydrogen-bond acceptors (Lipinski definition) is 1. The van der Waals surface area contributed by atoms with Crippen molar-refractivity contribution in [1.29, 1.82) is 0 Å². The molecule has 3 rings (SSSR count). The van der Waals surface area contributed by atoms with E-state index < -0.39 is 0 Å². The van der Waals surface area contributed by atoms with E-state index in [0.29, 0.717) is 6.04 Å². The molecule has 98 valence electrons. The maximum absolute atomic E-state index is 2.61. The Morgan fingerprint density at radius 1 is 1.00 bits per heavy atom. The molecule has 1 aliphatic carbocycles. The largest absolute Gasteiger partial charge is 0.299 e. The summed E-state index contributed by atoms with van der Waals surface area (Å²) in [4.78, 5) is 2.61. The van der Waals surface area contributed by atoms with Gasteiger partial charge in [0.15, 0.2) is 0 Å². The minimum atomic E-state index is 0.688. The molecule has 1 aromatic rings. The Hall–Kier alpha value is -0.820. The molecule has 0 radical (unpaired) electrons. The second-order valence-corrected chi connectivity index (χ2v) is 6.13. The van der Waals surface area contributed by atoms with Crippen LogP contribution in [0.15, 0.2) is 24.3 Å². The van der Waals surface area contributed by atoms with Gasteiger partial charge in [-0.1, -0.05) is 49.9 Å². The van der Waals surface area contributed by atoms with Gasteiger partial charge in [-0.25, -0.2) is 0 Å². The predicted molar refractivity (Wildman–Crippen MR) is 76.7 cm³/mol. The predicted octanol–water partition coefficient (Wildman–Crippen LogP) is 4.19. The van der Waals surface area contributed by atoms with Crippen molar-refractivity contribution in [3.8, 4) is 0 Å². The van der Waals surface area contributed by atoms with Gasteiger partial charge in [-0.15, -0.1) is 0 Å². The molecule has 0 bridgehead atoms. The summed E-state index contributed by atoms with van der Waals surface area (Å²) in [6.07, 6.45) is 9.89. The number of rotatable bonds is 1. The molecule has 2 aliphatic rings. The molecule has 1 atom stereocenters. The highest BCUT2D eigenvalue weighted by atomic mass is 15.1. The van der Waals surface area contributed by atoms with Crippen LogP contribution in [0.25, 0.3) is 0 Å². The summed E-state index contributed by atoms with van der Waals surface area (Å²) >= 11 is 0. The first-order chi connectivity index (χ1) is 8.86. The normalized spacial score (nSPS) is 26.6. The molecule has 1 aliphatic heterocycles. The molecule has 18 heavy (non-hydrogen) atoms. The van der Waals surface area contributed by atoms with E-state index in [0.717, 1.165) is 5.92 Å². The van der Waals surface area contributed by atoms with Gasteiger partial charge in [0, 0.05) is 12.6 Å². The monoisotopic (exact) mass is 243 g/mol. The highest BCUT2D eigenvalue weighted by Gasteiger charge is 2.31. The van der Waals surface area contributed by atoms with Gasteiger partial charge < -0.3 is 0 Å². The lowest BCUT2D eigenvalue weighted by Gasteiger charge is -2.39. The fourth-order valence-corrected chi connectivity index (χ4v) is 3.96. The molecule has 0 spiro atoms. The van der Waals surface area contributed by atoms with Gasteiger partial charge in [-0.3, -0.25) is 4.90 Å². The highest BCUT2D eigenvalue weighted by molar-refractivity contribution is 5.33. The van der Waals surface area contributed by atoms with Crippen molar-refractivity contribution in [2.75, 3.05) is 13.6 Å². The van der Waals surface area contributed by atoms with Gasteiger partial charge in [-0.05, 0) is 43.4 Å². The Kier molecular flexibility index (Phi) is 3.69. The molecule has 1 nitrogen and oxygen atoms in total. The number of nitrogens with zero attached hydrogens (tertiary/aromatic N) is 1. The van der Waals surface area contributed by atoms with Gasteiger partial charge in [-0.2, -0.15) is 0 Å². The Balaban J connectivity index is 1.89. The Morgan fingerprint density at radius 3 is 2.50 bits per heavy atom. The first-order valence-electron chi connectivity index (χ1n) is 7.64. The molecule has 0 saturated heterocycles. The van der Waals surface area contributed by atoms with Crippen LogP contribution in [0, 0.1) is 5.92 Å². The lowest BCUT2D eigenvalue weighted by molar-refractivity contribution is 0.151. The Morgan fingerprint density at radius 2 is 1.72 bits per heavy atom. The van der Waals surface area contributed by atoms with Crippen molar-refractivity contribution in [2.45, 2.75) is 51.0 Å². The quantitative estimate of drug-likeness (QED) is 0.669. The Labute approximate surface area is 111 Å². The zero-order valence-corrected chi connectivity index (χ0v) is 11.6. The van der Waals surface area contributed by atoms with Crippen LogP contribution in [-0.4, -0.2) is 18.5 Å². The molecule has 1 unspecified atom stereocenters. The second kappa shape index (κ2) is 5.44. The third-order valence-corrected chi connectivity index (χ3v) is 4.93. The van der Waals surface area contributed by atoms with Crippen molar-refractivity contribution < 1.29 is 0 Å². The third kappa shape index (κ3) is 2.33. The van der Waals surface area contributed by atoms with Crippen LogP contribution in [0.4, 0.5) is 0 Å².